The lowest BCUT2D eigenvalue weighted by Crippen LogP contribution is -2.42. The van der Waals surface area contributed by atoms with Crippen LogP contribution in [0.25, 0.3) is 0 Å². The zero-order valence-corrected chi connectivity index (χ0v) is 12.6. The van der Waals surface area contributed by atoms with E-state index in [1.807, 2.05) is 6.92 Å². The van der Waals surface area contributed by atoms with Gasteiger partial charge in [0.1, 0.15) is 18.0 Å². The largest absolute Gasteiger partial charge is 0.379 e. The summed E-state index contributed by atoms with van der Waals surface area (Å²) in [6, 6.07) is 0.344. The van der Waals surface area contributed by atoms with Crippen molar-refractivity contribution in [1.29, 1.82) is 0 Å². The summed E-state index contributed by atoms with van der Waals surface area (Å²) < 4.78 is 5.37. The van der Waals surface area contributed by atoms with E-state index in [1.54, 1.807) is 6.33 Å². The number of aromatic nitrogens is 2. The molecule has 1 aromatic heterocycles. The molecule has 0 spiro atoms. The van der Waals surface area contributed by atoms with Crippen LogP contribution in [-0.4, -0.2) is 60.3 Å². The van der Waals surface area contributed by atoms with E-state index < -0.39 is 0 Å². The summed E-state index contributed by atoms with van der Waals surface area (Å²) in [5, 5.41) is 6.74. The molecule has 6 heteroatoms. The van der Waals surface area contributed by atoms with Crippen molar-refractivity contribution in [2.24, 2.45) is 0 Å². The van der Waals surface area contributed by atoms with E-state index in [1.165, 1.54) is 0 Å². The summed E-state index contributed by atoms with van der Waals surface area (Å²) in [5.74, 6) is 1.82. The van der Waals surface area contributed by atoms with E-state index in [2.05, 4.69) is 39.3 Å². The Kier molecular flexibility index (Phi) is 5.55. The second kappa shape index (κ2) is 7.40. The second-order valence-electron chi connectivity index (χ2n) is 5.18. The number of morpholine rings is 1. The molecule has 1 atom stereocenters. The first-order valence-corrected chi connectivity index (χ1v) is 7.32. The van der Waals surface area contributed by atoms with E-state index in [9.17, 15) is 0 Å². The summed E-state index contributed by atoms with van der Waals surface area (Å²) in [5.41, 5.74) is 1.07. The summed E-state index contributed by atoms with van der Waals surface area (Å²) in [6.07, 6.45) is 1.61. The molecule has 6 nitrogen and oxygen atoms in total. The average Bonchev–Trinajstić information content (AvgIpc) is 2.44. The predicted octanol–water partition coefficient (Wildman–Crippen LogP) is 1.35. The molecule has 1 unspecified atom stereocenters. The number of hydrogen-bond acceptors (Lipinski definition) is 6. The van der Waals surface area contributed by atoms with Crippen LogP contribution in [0.1, 0.15) is 19.4 Å². The van der Waals surface area contributed by atoms with Crippen LogP contribution in [0.5, 0.6) is 0 Å². The van der Waals surface area contributed by atoms with Gasteiger partial charge < -0.3 is 15.4 Å². The fraction of sp³-hybridized carbons (Fsp3) is 0.714. The average molecular weight is 279 g/mol. The highest BCUT2D eigenvalue weighted by Crippen LogP contribution is 2.18. The van der Waals surface area contributed by atoms with Crippen molar-refractivity contribution < 1.29 is 4.74 Å². The molecular weight excluding hydrogens is 254 g/mol. The summed E-state index contributed by atoms with van der Waals surface area (Å²) >= 11 is 0. The van der Waals surface area contributed by atoms with E-state index in [4.69, 9.17) is 4.74 Å². The minimum atomic E-state index is 0.344. The fourth-order valence-corrected chi connectivity index (χ4v) is 2.39. The molecule has 0 aliphatic carbocycles. The third-order valence-corrected chi connectivity index (χ3v) is 3.45. The Labute approximate surface area is 120 Å². The van der Waals surface area contributed by atoms with Crippen molar-refractivity contribution >= 4 is 11.6 Å². The van der Waals surface area contributed by atoms with Gasteiger partial charge in [-0.25, -0.2) is 9.97 Å². The Morgan fingerprint density at radius 1 is 1.30 bits per heavy atom. The van der Waals surface area contributed by atoms with Crippen molar-refractivity contribution in [2.45, 2.75) is 26.8 Å². The number of anilines is 2. The van der Waals surface area contributed by atoms with Gasteiger partial charge in [0.05, 0.1) is 13.2 Å². The highest BCUT2D eigenvalue weighted by atomic mass is 16.5. The monoisotopic (exact) mass is 279 g/mol. The van der Waals surface area contributed by atoms with Gasteiger partial charge in [-0.2, -0.15) is 0 Å². The van der Waals surface area contributed by atoms with Crippen LogP contribution in [0.2, 0.25) is 0 Å². The van der Waals surface area contributed by atoms with Crippen LogP contribution >= 0.6 is 0 Å². The molecule has 2 N–H and O–H groups in total. The Bertz CT molecular complexity index is 420. The second-order valence-corrected chi connectivity index (χ2v) is 5.18. The number of ether oxygens (including phenoxy) is 1. The van der Waals surface area contributed by atoms with E-state index in [-0.39, 0.29) is 0 Å². The first-order chi connectivity index (χ1) is 9.70. The maximum absolute atomic E-state index is 5.37. The van der Waals surface area contributed by atoms with Crippen LogP contribution in [0, 0.1) is 6.92 Å². The standard InChI is InChI=1S/C14H25N5O/c1-4-15-13-12(3)14(17-10-16-13)18-11(2)9-19-5-7-20-8-6-19/h10-11H,4-9H2,1-3H3,(H2,15,16,17,18). The van der Waals surface area contributed by atoms with Crippen molar-refractivity contribution in [1.82, 2.24) is 14.9 Å². The molecule has 1 fully saturated rings. The van der Waals surface area contributed by atoms with Crippen molar-refractivity contribution in [2.75, 3.05) is 50.0 Å². The molecular formula is C14H25N5O. The van der Waals surface area contributed by atoms with E-state index in [0.29, 0.717) is 6.04 Å². The van der Waals surface area contributed by atoms with Gasteiger partial charge in [0.15, 0.2) is 0 Å². The zero-order chi connectivity index (χ0) is 14.4. The number of hydrogen-bond donors (Lipinski definition) is 2. The highest BCUT2D eigenvalue weighted by Gasteiger charge is 2.15. The topological polar surface area (TPSA) is 62.3 Å². The molecule has 0 bridgehead atoms. The molecule has 0 aromatic carbocycles. The van der Waals surface area contributed by atoms with Crippen molar-refractivity contribution in [3.05, 3.63) is 11.9 Å². The van der Waals surface area contributed by atoms with Gasteiger partial charge in [0, 0.05) is 37.8 Å². The lowest BCUT2D eigenvalue weighted by atomic mass is 10.2. The third-order valence-electron chi connectivity index (χ3n) is 3.45. The summed E-state index contributed by atoms with van der Waals surface area (Å²) in [4.78, 5) is 11.0. The van der Waals surface area contributed by atoms with Gasteiger partial charge in [0.2, 0.25) is 0 Å². The van der Waals surface area contributed by atoms with E-state index in [0.717, 1.165) is 56.6 Å². The van der Waals surface area contributed by atoms with Crippen LogP contribution < -0.4 is 10.6 Å². The molecule has 1 aliphatic rings. The molecule has 0 saturated carbocycles. The minimum Gasteiger partial charge on any atom is -0.379 e. The van der Waals surface area contributed by atoms with Gasteiger partial charge >= 0.3 is 0 Å². The quantitative estimate of drug-likeness (QED) is 0.819. The van der Waals surface area contributed by atoms with Crippen LogP contribution in [0.15, 0.2) is 6.33 Å². The molecule has 112 valence electrons. The molecule has 2 heterocycles. The first-order valence-electron chi connectivity index (χ1n) is 7.32. The van der Waals surface area contributed by atoms with Gasteiger partial charge in [-0.05, 0) is 20.8 Å². The summed E-state index contributed by atoms with van der Waals surface area (Å²) in [6.45, 7) is 11.9. The van der Waals surface area contributed by atoms with Gasteiger partial charge in [0.25, 0.3) is 0 Å². The Morgan fingerprint density at radius 3 is 2.70 bits per heavy atom. The molecule has 2 rings (SSSR count). The predicted molar refractivity (Wildman–Crippen MR) is 81.3 cm³/mol. The summed E-state index contributed by atoms with van der Waals surface area (Å²) in [7, 11) is 0. The molecule has 1 aromatic rings. The molecule has 1 aliphatic heterocycles. The smallest absolute Gasteiger partial charge is 0.134 e. The molecule has 0 radical (unpaired) electrons. The van der Waals surface area contributed by atoms with Crippen molar-refractivity contribution in [3.8, 4) is 0 Å². The Morgan fingerprint density at radius 2 is 2.00 bits per heavy atom. The maximum atomic E-state index is 5.37. The number of nitrogens with zero attached hydrogens (tertiary/aromatic N) is 3. The van der Waals surface area contributed by atoms with E-state index >= 15 is 0 Å². The SMILES string of the molecule is CCNc1ncnc(NC(C)CN2CCOCC2)c1C. The molecule has 20 heavy (non-hydrogen) atoms. The van der Waals surface area contributed by atoms with Gasteiger partial charge in [-0.15, -0.1) is 0 Å². The molecule has 1 saturated heterocycles. The van der Waals surface area contributed by atoms with Crippen LogP contribution in [-0.2, 0) is 4.74 Å². The van der Waals surface area contributed by atoms with Crippen LogP contribution in [0.3, 0.4) is 0 Å². The molecule has 0 amide bonds. The Hall–Kier alpha value is -1.40. The normalized spacial score (nSPS) is 17.8. The maximum Gasteiger partial charge on any atom is 0.134 e. The third kappa shape index (κ3) is 4.05. The lowest BCUT2D eigenvalue weighted by molar-refractivity contribution is 0.0368. The Balaban J connectivity index is 1.93. The minimum absolute atomic E-state index is 0.344. The van der Waals surface area contributed by atoms with Crippen molar-refractivity contribution in [3.63, 3.8) is 0 Å². The highest BCUT2D eigenvalue weighted by molar-refractivity contribution is 5.56. The van der Waals surface area contributed by atoms with Crippen LogP contribution in [0.4, 0.5) is 11.6 Å². The lowest BCUT2D eigenvalue weighted by Gasteiger charge is -2.29. The number of nitrogens with one attached hydrogen (secondary N) is 2. The number of rotatable bonds is 6. The zero-order valence-electron chi connectivity index (χ0n) is 12.6. The first kappa shape index (κ1) is 15.0. The fourth-order valence-electron chi connectivity index (χ4n) is 2.39. The van der Waals surface area contributed by atoms with Gasteiger partial charge in [-0.1, -0.05) is 0 Å². The van der Waals surface area contributed by atoms with Gasteiger partial charge in [-0.3, -0.25) is 4.90 Å².